The van der Waals surface area contributed by atoms with Crippen molar-refractivity contribution in [2.45, 2.75) is 30.3 Å². The van der Waals surface area contributed by atoms with Gasteiger partial charge in [-0.05, 0) is 5.56 Å². The van der Waals surface area contributed by atoms with Crippen LogP contribution in [-0.4, -0.2) is 57.0 Å². The number of nitrogens with zero attached hydrogens (tertiary/aromatic N) is 1. The highest BCUT2D eigenvalue weighted by Gasteiger charge is 2.60. The number of halogens is 6. The van der Waals surface area contributed by atoms with Gasteiger partial charge in [-0.15, -0.1) is 0 Å². The van der Waals surface area contributed by atoms with E-state index in [2.05, 4.69) is 9.46 Å². The van der Waals surface area contributed by atoms with Crippen molar-refractivity contribution in [3.05, 3.63) is 35.9 Å². The van der Waals surface area contributed by atoms with Crippen LogP contribution in [0.5, 0.6) is 0 Å². The van der Waals surface area contributed by atoms with Crippen LogP contribution in [-0.2, 0) is 20.5 Å². The quantitative estimate of drug-likeness (QED) is 0.743. The van der Waals surface area contributed by atoms with Gasteiger partial charge in [-0.2, -0.15) is 26.3 Å². The highest BCUT2D eigenvalue weighted by Crippen LogP contribution is 2.36. The Hall–Kier alpha value is -2.02. The molecule has 0 atom stereocenters. The van der Waals surface area contributed by atoms with E-state index in [9.17, 15) is 39.6 Å². The number of likely N-dealkylation sites (tertiary alicyclic amines) is 1. The Morgan fingerprint density at radius 2 is 1.63 bits per heavy atom. The summed E-state index contributed by atoms with van der Waals surface area (Å²) >= 11 is 0. The number of hydrogen-bond acceptors (Lipinski definition) is 4. The molecule has 152 valence electrons. The normalized spacial score (nSPS) is 16.3. The second kappa shape index (κ2) is 7.54. The first-order valence-electron chi connectivity index (χ1n) is 7.41. The largest absolute Gasteiger partial charge is 0.434 e. The molecule has 0 unspecified atom stereocenters. The number of rotatable bonds is 5. The summed E-state index contributed by atoms with van der Waals surface area (Å²) in [5.41, 5.74) is 0.485. The summed E-state index contributed by atoms with van der Waals surface area (Å²) in [5, 5.41) is 0. The molecule has 1 aromatic carbocycles. The molecule has 0 radical (unpaired) electrons. The topological polar surface area (TPSA) is 75.7 Å². The summed E-state index contributed by atoms with van der Waals surface area (Å²) in [6.45, 7) is -0.815. The fraction of sp³-hybridized carbons (Fsp3) is 0.500. The van der Waals surface area contributed by atoms with Crippen LogP contribution in [0.15, 0.2) is 30.3 Å². The Bertz CT molecular complexity index is 746. The van der Waals surface area contributed by atoms with Crippen LogP contribution in [0.2, 0.25) is 0 Å². The lowest BCUT2D eigenvalue weighted by Gasteiger charge is -2.39. The molecular formula is C14H14F6N2O4S. The van der Waals surface area contributed by atoms with E-state index in [4.69, 9.17) is 0 Å². The van der Waals surface area contributed by atoms with Crippen LogP contribution >= 0.6 is 0 Å². The van der Waals surface area contributed by atoms with Crippen molar-refractivity contribution in [1.82, 2.24) is 9.62 Å². The van der Waals surface area contributed by atoms with Gasteiger partial charge in [0.2, 0.25) is 10.0 Å². The molecule has 1 N–H and O–H groups in total. The van der Waals surface area contributed by atoms with E-state index in [1.807, 2.05) is 0 Å². The van der Waals surface area contributed by atoms with E-state index in [1.165, 1.54) is 0 Å². The highest BCUT2D eigenvalue weighted by atomic mass is 32.2. The van der Waals surface area contributed by atoms with E-state index < -0.39 is 53.7 Å². The minimum Gasteiger partial charge on any atom is -0.426 e. The average molecular weight is 420 g/mol. The molecule has 1 aromatic rings. The molecule has 1 saturated heterocycles. The zero-order chi connectivity index (χ0) is 20.5. The lowest BCUT2D eigenvalue weighted by molar-refractivity contribution is -0.308. The Labute approximate surface area is 150 Å². The van der Waals surface area contributed by atoms with Crippen LogP contribution in [0.1, 0.15) is 5.56 Å². The Balaban J connectivity index is 1.87. The van der Waals surface area contributed by atoms with E-state index in [-0.39, 0.29) is 5.75 Å². The van der Waals surface area contributed by atoms with E-state index >= 15 is 0 Å². The van der Waals surface area contributed by atoms with Gasteiger partial charge in [-0.1, -0.05) is 30.3 Å². The first-order valence-corrected chi connectivity index (χ1v) is 9.06. The lowest BCUT2D eigenvalue weighted by Crippen LogP contribution is -2.62. The monoisotopic (exact) mass is 420 g/mol. The molecule has 1 amide bonds. The number of sulfonamides is 1. The van der Waals surface area contributed by atoms with Gasteiger partial charge in [0.15, 0.2) is 0 Å². The van der Waals surface area contributed by atoms with Crippen LogP contribution in [0.3, 0.4) is 0 Å². The van der Waals surface area contributed by atoms with Crippen molar-refractivity contribution < 1.29 is 44.3 Å². The standard InChI is InChI=1S/C14H14F6N2O4S/c15-13(16,17)11(14(18,19)20)26-12(23)22-6-10(7-22)21-27(24,25)8-9-4-2-1-3-5-9/h1-5,10-11,21H,6-8H2. The molecule has 1 aliphatic heterocycles. The molecule has 0 bridgehead atoms. The smallest absolute Gasteiger partial charge is 0.426 e. The Morgan fingerprint density at radius 3 is 2.11 bits per heavy atom. The number of amides is 1. The molecule has 6 nitrogen and oxygen atoms in total. The number of ether oxygens (including phenoxy) is 1. The maximum Gasteiger partial charge on any atom is 0.434 e. The Morgan fingerprint density at radius 1 is 1.11 bits per heavy atom. The number of benzene rings is 1. The molecule has 0 spiro atoms. The first kappa shape index (κ1) is 21.3. The predicted octanol–water partition coefficient (Wildman–Crippen LogP) is 2.42. The summed E-state index contributed by atoms with van der Waals surface area (Å²) in [7, 11) is -3.80. The number of carbonyl (C=O) groups excluding carboxylic acids is 1. The van der Waals surface area contributed by atoms with Crippen molar-refractivity contribution in [2.75, 3.05) is 13.1 Å². The summed E-state index contributed by atoms with van der Waals surface area (Å²) < 4.78 is 104. The van der Waals surface area contributed by atoms with Crippen molar-refractivity contribution in [3.63, 3.8) is 0 Å². The lowest BCUT2D eigenvalue weighted by atomic mass is 10.1. The number of hydrogen-bond donors (Lipinski definition) is 1. The van der Waals surface area contributed by atoms with Gasteiger partial charge < -0.3 is 9.64 Å². The third-order valence-corrected chi connectivity index (χ3v) is 4.90. The molecule has 1 heterocycles. The van der Waals surface area contributed by atoms with Gasteiger partial charge in [-0.3, -0.25) is 0 Å². The molecule has 13 heteroatoms. The van der Waals surface area contributed by atoms with Crippen molar-refractivity contribution >= 4 is 16.1 Å². The summed E-state index contributed by atoms with van der Waals surface area (Å²) in [6, 6.07) is 7.25. The van der Waals surface area contributed by atoms with Gasteiger partial charge >= 0.3 is 18.4 Å². The maximum absolute atomic E-state index is 12.4. The van der Waals surface area contributed by atoms with E-state index in [0.29, 0.717) is 10.5 Å². The van der Waals surface area contributed by atoms with E-state index in [0.717, 1.165) is 0 Å². The molecule has 0 saturated carbocycles. The van der Waals surface area contributed by atoms with Gasteiger partial charge in [0.1, 0.15) is 0 Å². The second-order valence-corrected chi connectivity index (χ2v) is 7.57. The summed E-state index contributed by atoms with van der Waals surface area (Å²) in [5.74, 6) is -0.362. The number of nitrogens with one attached hydrogen (secondary N) is 1. The van der Waals surface area contributed by atoms with E-state index in [1.54, 1.807) is 30.3 Å². The SMILES string of the molecule is O=C(OC(C(F)(F)F)C(F)(F)F)N1CC(NS(=O)(=O)Cc2ccccc2)C1. The van der Waals surface area contributed by atoms with Crippen molar-refractivity contribution in [2.24, 2.45) is 0 Å². The van der Waals surface area contributed by atoms with Gasteiger partial charge in [0, 0.05) is 13.1 Å². The minimum atomic E-state index is -5.81. The zero-order valence-corrected chi connectivity index (χ0v) is 14.2. The van der Waals surface area contributed by atoms with Crippen LogP contribution < -0.4 is 4.72 Å². The highest BCUT2D eigenvalue weighted by molar-refractivity contribution is 7.88. The third kappa shape index (κ3) is 5.99. The van der Waals surface area contributed by atoms with Crippen molar-refractivity contribution in [1.29, 1.82) is 0 Å². The van der Waals surface area contributed by atoms with Crippen LogP contribution in [0, 0.1) is 0 Å². The molecule has 2 rings (SSSR count). The fourth-order valence-corrected chi connectivity index (χ4v) is 3.66. The zero-order valence-electron chi connectivity index (χ0n) is 13.4. The van der Waals surface area contributed by atoms with Crippen LogP contribution in [0.4, 0.5) is 31.1 Å². The number of carbonyl (C=O) groups is 1. The summed E-state index contributed by atoms with van der Waals surface area (Å²) in [4.78, 5) is 12.0. The van der Waals surface area contributed by atoms with Gasteiger partial charge in [-0.25, -0.2) is 17.9 Å². The predicted molar refractivity (Wildman–Crippen MR) is 79.9 cm³/mol. The van der Waals surface area contributed by atoms with Gasteiger partial charge in [0.05, 0.1) is 11.8 Å². The van der Waals surface area contributed by atoms with Gasteiger partial charge in [0.25, 0.3) is 6.10 Å². The maximum atomic E-state index is 12.4. The Kier molecular flexibility index (Phi) is 5.94. The average Bonchev–Trinajstić information content (AvgIpc) is 2.46. The van der Waals surface area contributed by atoms with Crippen LogP contribution in [0.25, 0.3) is 0 Å². The molecule has 0 aliphatic carbocycles. The second-order valence-electron chi connectivity index (χ2n) is 5.81. The summed E-state index contributed by atoms with van der Waals surface area (Å²) in [6.07, 6.45) is -17.7. The number of alkyl halides is 6. The minimum absolute atomic E-state index is 0.362. The molecule has 1 aliphatic rings. The van der Waals surface area contributed by atoms with Crippen molar-refractivity contribution in [3.8, 4) is 0 Å². The third-order valence-electron chi connectivity index (χ3n) is 3.50. The molecule has 1 fully saturated rings. The molecule has 27 heavy (non-hydrogen) atoms. The first-order chi connectivity index (χ1) is 12.3. The molecular weight excluding hydrogens is 406 g/mol. The fourth-order valence-electron chi connectivity index (χ4n) is 2.29. The molecule has 0 aromatic heterocycles.